The van der Waals surface area contributed by atoms with Crippen LogP contribution in [0.4, 0.5) is 4.79 Å². The highest BCUT2D eigenvalue weighted by atomic mass is 32.1. The number of amides is 2. The minimum Gasteiger partial charge on any atom is -0.331 e. The first kappa shape index (κ1) is 15.0. The topological polar surface area (TPSA) is 75.9 Å². The molecule has 0 radical (unpaired) electrons. The SMILES string of the molecule is Cc1csc(CNC(=O)N2CCCC(c3nncn3C)C2)n1. The average Bonchev–Trinajstić information content (AvgIpc) is 3.13. The minimum absolute atomic E-state index is 0.0280. The van der Waals surface area contributed by atoms with Gasteiger partial charge in [-0.2, -0.15) is 0 Å². The Labute approximate surface area is 133 Å². The van der Waals surface area contributed by atoms with E-state index in [1.807, 2.05) is 28.8 Å². The minimum atomic E-state index is -0.0280. The van der Waals surface area contributed by atoms with E-state index in [4.69, 9.17) is 0 Å². The van der Waals surface area contributed by atoms with Crippen molar-refractivity contribution in [3.8, 4) is 0 Å². The number of carbonyl (C=O) groups is 1. The van der Waals surface area contributed by atoms with E-state index < -0.39 is 0 Å². The quantitative estimate of drug-likeness (QED) is 0.933. The van der Waals surface area contributed by atoms with Crippen molar-refractivity contribution in [2.75, 3.05) is 13.1 Å². The van der Waals surface area contributed by atoms with Gasteiger partial charge in [-0.15, -0.1) is 21.5 Å². The van der Waals surface area contributed by atoms with Crippen molar-refractivity contribution in [3.63, 3.8) is 0 Å². The summed E-state index contributed by atoms with van der Waals surface area (Å²) in [5.41, 5.74) is 0.995. The zero-order valence-electron chi connectivity index (χ0n) is 12.8. The van der Waals surface area contributed by atoms with Gasteiger partial charge in [-0.25, -0.2) is 9.78 Å². The zero-order chi connectivity index (χ0) is 15.5. The first-order valence-electron chi connectivity index (χ1n) is 7.41. The Morgan fingerprint density at radius 2 is 2.41 bits per heavy atom. The van der Waals surface area contributed by atoms with Crippen molar-refractivity contribution >= 4 is 17.4 Å². The van der Waals surface area contributed by atoms with Crippen LogP contribution in [0, 0.1) is 6.92 Å². The molecule has 118 valence electrons. The summed E-state index contributed by atoms with van der Waals surface area (Å²) in [6.45, 7) is 3.92. The molecule has 0 spiro atoms. The van der Waals surface area contributed by atoms with Gasteiger partial charge in [-0.3, -0.25) is 0 Å². The van der Waals surface area contributed by atoms with E-state index in [0.29, 0.717) is 13.1 Å². The van der Waals surface area contributed by atoms with Crippen molar-refractivity contribution in [2.45, 2.75) is 32.2 Å². The molecule has 0 bridgehead atoms. The number of thiazole rings is 1. The van der Waals surface area contributed by atoms with E-state index in [2.05, 4.69) is 20.5 Å². The van der Waals surface area contributed by atoms with Gasteiger partial charge in [0.05, 0.1) is 6.54 Å². The van der Waals surface area contributed by atoms with Crippen LogP contribution in [0.1, 0.15) is 35.3 Å². The van der Waals surface area contributed by atoms with E-state index in [1.54, 1.807) is 17.7 Å². The Morgan fingerprint density at radius 1 is 1.55 bits per heavy atom. The summed E-state index contributed by atoms with van der Waals surface area (Å²) in [6, 6.07) is -0.0280. The molecule has 1 N–H and O–H groups in total. The Hall–Kier alpha value is -1.96. The lowest BCUT2D eigenvalue weighted by Gasteiger charge is -2.32. The van der Waals surface area contributed by atoms with Crippen LogP contribution < -0.4 is 5.32 Å². The van der Waals surface area contributed by atoms with Gasteiger partial charge < -0.3 is 14.8 Å². The van der Waals surface area contributed by atoms with Gasteiger partial charge in [0.1, 0.15) is 17.2 Å². The van der Waals surface area contributed by atoms with E-state index >= 15 is 0 Å². The fourth-order valence-electron chi connectivity index (χ4n) is 2.78. The zero-order valence-corrected chi connectivity index (χ0v) is 13.6. The van der Waals surface area contributed by atoms with Crippen molar-refractivity contribution in [1.29, 1.82) is 0 Å². The molecule has 8 heteroatoms. The number of nitrogens with zero attached hydrogens (tertiary/aromatic N) is 5. The number of aryl methyl sites for hydroxylation is 2. The van der Waals surface area contributed by atoms with Crippen LogP contribution in [-0.2, 0) is 13.6 Å². The highest BCUT2D eigenvalue weighted by Gasteiger charge is 2.27. The maximum Gasteiger partial charge on any atom is 0.317 e. The van der Waals surface area contributed by atoms with E-state index in [9.17, 15) is 4.79 Å². The summed E-state index contributed by atoms with van der Waals surface area (Å²) in [5.74, 6) is 1.21. The molecule has 2 amide bonds. The molecular weight excluding hydrogens is 300 g/mol. The van der Waals surface area contributed by atoms with Gasteiger partial charge in [-0.05, 0) is 19.8 Å². The fourth-order valence-corrected chi connectivity index (χ4v) is 3.49. The van der Waals surface area contributed by atoms with Crippen molar-refractivity contribution in [1.82, 2.24) is 30.0 Å². The maximum absolute atomic E-state index is 12.3. The number of likely N-dealkylation sites (tertiary alicyclic amines) is 1. The lowest BCUT2D eigenvalue weighted by atomic mass is 9.97. The lowest BCUT2D eigenvalue weighted by molar-refractivity contribution is 0.177. The largest absolute Gasteiger partial charge is 0.331 e. The molecule has 1 aliphatic heterocycles. The van der Waals surface area contributed by atoms with Crippen molar-refractivity contribution in [2.24, 2.45) is 7.05 Å². The summed E-state index contributed by atoms with van der Waals surface area (Å²) in [7, 11) is 1.94. The van der Waals surface area contributed by atoms with Crippen LogP contribution >= 0.6 is 11.3 Å². The number of carbonyl (C=O) groups excluding carboxylic acids is 1. The molecule has 1 saturated heterocycles. The molecule has 0 saturated carbocycles. The normalized spacial score (nSPS) is 18.5. The third-order valence-electron chi connectivity index (χ3n) is 3.88. The molecule has 1 atom stereocenters. The molecule has 2 aromatic rings. The first-order valence-corrected chi connectivity index (χ1v) is 8.29. The Kier molecular flexibility index (Phi) is 4.37. The highest BCUT2D eigenvalue weighted by Crippen LogP contribution is 2.25. The second kappa shape index (κ2) is 6.43. The summed E-state index contributed by atoms with van der Waals surface area (Å²) >= 11 is 1.57. The second-order valence-corrected chi connectivity index (χ2v) is 6.57. The van der Waals surface area contributed by atoms with Crippen molar-refractivity contribution < 1.29 is 4.79 Å². The number of aromatic nitrogens is 4. The van der Waals surface area contributed by atoms with Crippen LogP contribution in [0.15, 0.2) is 11.7 Å². The smallest absolute Gasteiger partial charge is 0.317 e. The molecular formula is C14H20N6OS. The van der Waals surface area contributed by atoms with E-state index in [1.165, 1.54) is 0 Å². The fraction of sp³-hybridized carbons (Fsp3) is 0.571. The number of rotatable bonds is 3. The van der Waals surface area contributed by atoms with Crippen LogP contribution in [0.2, 0.25) is 0 Å². The number of urea groups is 1. The Balaban J connectivity index is 1.57. The van der Waals surface area contributed by atoms with E-state index in [-0.39, 0.29) is 11.9 Å². The first-order chi connectivity index (χ1) is 10.6. The number of hydrogen-bond donors (Lipinski definition) is 1. The third-order valence-corrected chi connectivity index (χ3v) is 4.84. The molecule has 7 nitrogen and oxygen atoms in total. The molecule has 1 aliphatic rings. The second-order valence-electron chi connectivity index (χ2n) is 5.63. The van der Waals surface area contributed by atoms with Gasteiger partial charge in [0.15, 0.2) is 0 Å². The Bertz CT molecular complexity index is 651. The van der Waals surface area contributed by atoms with Gasteiger partial charge in [-0.1, -0.05) is 0 Å². The predicted molar refractivity (Wildman–Crippen MR) is 83.6 cm³/mol. The Morgan fingerprint density at radius 3 is 3.09 bits per heavy atom. The predicted octanol–water partition coefficient (Wildman–Crippen LogP) is 1.67. The molecule has 2 aromatic heterocycles. The summed E-state index contributed by atoms with van der Waals surface area (Å²) in [6.07, 6.45) is 3.74. The number of piperidine rings is 1. The van der Waals surface area contributed by atoms with Gasteiger partial charge in [0, 0.05) is 37.1 Å². The third kappa shape index (κ3) is 3.27. The molecule has 3 rings (SSSR count). The standard InChI is InChI=1S/C14H20N6OS/c1-10-8-22-12(17-10)6-15-14(21)20-5-3-4-11(7-20)13-18-16-9-19(13)2/h8-9,11H,3-7H2,1-2H3,(H,15,21). The lowest BCUT2D eigenvalue weighted by Crippen LogP contribution is -2.45. The van der Waals surface area contributed by atoms with Gasteiger partial charge in [0.2, 0.25) is 0 Å². The maximum atomic E-state index is 12.3. The molecule has 0 aliphatic carbocycles. The van der Waals surface area contributed by atoms with Crippen LogP contribution in [0.5, 0.6) is 0 Å². The van der Waals surface area contributed by atoms with E-state index in [0.717, 1.165) is 35.9 Å². The van der Waals surface area contributed by atoms with Crippen molar-refractivity contribution in [3.05, 3.63) is 28.2 Å². The van der Waals surface area contributed by atoms with Crippen LogP contribution in [0.25, 0.3) is 0 Å². The molecule has 3 heterocycles. The van der Waals surface area contributed by atoms with Gasteiger partial charge in [0.25, 0.3) is 0 Å². The van der Waals surface area contributed by atoms with Gasteiger partial charge >= 0.3 is 6.03 Å². The molecule has 1 fully saturated rings. The monoisotopic (exact) mass is 320 g/mol. The summed E-state index contributed by atoms with van der Waals surface area (Å²) < 4.78 is 1.93. The molecule has 22 heavy (non-hydrogen) atoms. The van der Waals surface area contributed by atoms with Crippen LogP contribution in [0.3, 0.4) is 0 Å². The highest BCUT2D eigenvalue weighted by molar-refractivity contribution is 7.09. The molecule has 0 aromatic carbocycles. The number of hydrogen-bond acceptors (Lipinski definition) is 5. The average molecular weight is 320 g/mol. The summed E-state index contributed by atoms with van der Waals surface area (Å²) in [4.78, 5) is 18.6. The number of nitrogens with one attached hydrogen (secondary N) is 1. The summed E-state index contributed by atoms with van der Waals surface area (Å²) in [5, 5.41) is 14.0. The molecule has 1 unspecified atom stereocenters. The van der Waals surface area contributed by atoms with Crippen LogP contribution in [-0.4, -0.2) is 43.8 Å².